The smallest absolute Gasteiger partial charge is 0.270 e. The van der Waals surface area contributed by atoms with E-state index in [4.69, 9.17) is 4.74 Å². The molecule has 0 radical (unpaired) electrons. The molecule has 8 heteroatoms. The number of ether oxygens (including phenoxy) is 1. The Morgan fingerprint density at radius 2 is 1.93 bits per heavy atom. The summed E-state index contributed by atoms with van der Waals surface area (Å²) in [5.41, 5.74) is 1.07. The van der Waals surface area contributed by atoms with Gasteiger partial charge in [0.1, 0.15) is 0 Å². The average Bonchev–Trinajstić information content (AvgIpc) is 3.18. The molecule has 2 heterocycles. The molecule has 0 spiro atoms. The van der Waals surface area contributed by atoms with Gasteiger partial charge in [0.2, 0.25) is 0 Å². The molecule has 1 N–H and O–H groups in total. The number of nitro benzene ring substituents is 1. The highest BCUT2D eigenvalue weighted by molar-refractivity contribution is 7.20. The average molecular weight is 411 g/mol. The molecule has 29 heavy (non-hydrogen) atoms. The number of hydrogen-bond acceptors (Lipinski definition) is 6. The van der Waals surface area contributed by atoms with Crippen LogP contribution in [0.5, 0.6) is 0 Å². The van der Waals surface area contributed by atoms with E-state index in [9.17, 15) is 14.9 Å². The molecule has 1 fully saturated rings. The number of benzene rings is 2. The van der Waals surface area contributed by atoms with Gasteiger partial charge < -0.3 is 10.1 Å². The standard InChI is InChI=1S/C21H21N3O4S/c25-21(20-13-16-12-17(24(26)27)6-7-19(16)29-20)22-18(15-4-2-1-3-5-15)14-23-8-10-28-11-9-23/h1-7,12-13,18H,8-11,14H2,(H,22,25)/t18-/m1/s1. The number of rotatable bonds is 6. The molecule has 0 aliphatic carbocycles. The molecular formula is C21H21N3O4S. The van der Waals surface area contributed by atoms with Crippen molar-refractivity contribution in [2.24, 2.45) is 0 Å². The van der Waals surface area contributed by atoms with Crippen LogP contribution in [-0.2, 0) is 4.74 Å². The van der Waals surface area contributed by atoms with Crippen LogP contribution < -0.4 is 5.32 Å². The van der Waals surface area contributed by atoms with Crippen LogP contribution >= 0.6 is 11.3 Å². The molecule has 7 nitrogen and oxygen atoms in total. The number of thiophene rings is 1. The molecule has 0 bridgehead atoms. The van der Waals surface area contributed by atoms with Crippen molar-refractivity contribution in [1.29, 1.82) is 0 Å². The Labute approximate surface area is 172 Å². The van der Waals surface area contributed by atoms with E-state index < -0.39 is 4.92 Å². The topological polar surface area (TPSA) is 84.7 Å². The van der Waals surface area contributed by atoms with Crippen molar-refractivity contribution < 1.29 is 14.5 Å². The zero-order valence-electron chi connectivity index (χ0n) is 15.7. The van der Waals surface area contributed by atoms with Gasteiger partial charge in [-0.3, -0.25) is 19.8 Å². The van der Waals surface area contributed by atoms with Crippen LogP contribution in [0.15, 0.2) is 54.6 Å². The van der Waals surface area contributed by atoms with Gasteiger partial charge in [0, 0.05) is 41.9 Å². The minimum atomic E-state index is -0.426. The zero-order valence-corrected chi connectivity index (χ0v) is 16.6. The summed E-state index contributed by atoms with van der Waals surface area (Å²) in [6.45, 7) is 3.78. The van der Waals surface area contributed by atoms with Crippen molar-refractivity contribution in [2.75, 3.05) is 32.8 Å². The number of carbonyl (C=O) groups is 1. The second-order valence-corrected chi connectivity index (χ2v) is 8.02. The summed E-state index contributed by atoms with van der Waals surface area (Å²) in [5, 5.41) is 14.9. The molecule has 2 aromatic carbocycles. The van der Waals surface area contributed by atoms with Gasteiger partial charge in [-0.15, -0.1) is 11.3 Å². The van der Waals surface area contributed by atoms with Gasteiger partial charge in [-0.1, -0.05) is 30.3 Å². The molecule has 0 saturated carbocycles. The van der Waals surface area contributed by atoms with Gasteiger partial charge in [0.05, 0.1) is 29.1 Å². The molecule has 1 atom stereocenters. The molecule has 1 aliphatic heterocycles. The Kier molecular flexibility index (Phi) is 5.84. The van der Waals surface area contributed by atoms with E-state index in [0.29, 0.717) is 30.0 Å². The van der Waals surface area contributed by atoms with Crippen LogP contribution in [0.2, 0.25) is 0 Å². The van der Waals surface area contributed by atoms with E-state index in [0.717, 1.165) is 23.4 Å². The molecule has 3 aromatic rings. The molecule has 1 amide bonds. The van der Waals surface area contributed by atoms with E-state index in [-0.39, 0.29) is 17.6 Å². The largest absolute Gasteiger partial charge is 0.379 e. The summed E-state index contributed by atoms with van der Waals surface area (Å²) in [6.07, 6.45) is 0. The highest BCUT2D eigenvalue weighted by Crippen LogP contribution is 2.29. The highest BCUT2D eigenvalue weighted by Gasteiger charge is 2.22. The lowest BCUT2D eigenvalue weighted by Gasteiger charge is -2.31. The number of hydrogen-bond donors (Lipinski definition) is 1. The van der Waals surface area contributed by atoms with Crippen LogP contribution in [-0.4, -0.2) is 48.6 Å². The van der Waals surface area contributed by atoms with Crippen LogP contribution in [0.4, 0.5) is 5.69 Å². The Hall–Kier alpha value is -2.81. The fraction of sp³-hybridized carbons (Fsp3) is 0.286. The minimum Gasteiger partial charge on any atom is -0.379 e. The van der Waals surface area contributed by atoms with E-state index in [1.807, 2.05) is 30.3 Å². The van der Waals surface area contributed by atoms with Gasteiger partial charge in [-0.25, -0.2) is 0 Å². The lowest BCUT2D eigenvalue weighted by Crippen LogP contribution is -2.43. The van der Waals surface area contributed by atoms with Crippen molar-refractivity contribution in [3.8, 4) is 0 Å². The van der Waals surface area contributed by atoms with Crippen molar-refractivity contribution in [3.63, 3.8) is 0 Å². The molecular weight excluding hydrogens is 390 g/mol. The number of amides is 1. The number of nitrogens with zero attached hydrogens (tertiary/aromatic N) is 2. The fourth-order valence-corrected chi connectivity index (χ4v) is 4.39. The first-order valence-corrected chi connectivity index (χ1v) is 10.3. The third kappa shape index (κ3) is 4.61. The zero-order chi connectivity index (χ0) is 20.2. The predicted octanol–water partition coefficient (Wildman–Crippen LogP) is 3.61. The first-order chi connectivity index (χ1) is 14.1. The van der Waals surface area contributed by atoms with Crippen LogP contribution in [0.25, 0.3) is 10.1 Å². The number of morpholine rings is 1. The first-order valence-electron chi connectivity index (χ1n) is 9.44. The van der Waals surface area contributed by atoms with Crippen LogP contribution in [0.3, 0.4) is 0 Å². The SMILES string of the molecule is O=C(N[C@H](CN1CCOCC1)c1ccccc1)c1cc2cc([N+](=O)[O-])ccc2s1. The van der Waals surface area contributed by atoms with Gasteiger partial charge in [0.25, 0.3) is 11.6 Å². The lowest BCUT2D eigenvalue weighted by molar-refractivity contribution is -0.384. The Bertz CT molecular complexity index is 1020. The second-order valence-electron chi connectivity index (χ2n) is 6.94. The van der Waals surface area contributed by atoms with Gasteiger partial charge in [0.15, 0.2) is 0 Å². The Morgan fingerprint density at radius 1 is 1.17 bits per heavy atom. The summed E-state index contributed by atoms with van der Waals surface area (Å²) in [6, 6.07) is 16.1. The maximum atomic E-state index is 13.0. The third-order valence-corrected chi connectivity index (χ3v) is 6.10. The molecule has 0 unspecified atom stereocenters. The summed E-state index contributed by atoms with van der Waals surface area (Å²) >= 11 is 1.34. The maximum absolute atomic E-state index is 13.0. The van der Waals surface area contributed by atoms with Crippen molar-refractivity contribution in [2.45, 2.75) is 6.04 Å². The number of carbonyl (C=O) groups excluding carboxylic acids is 1. The third-order valence-electron chi connectivity index (χ3n) is 4.99. The molecule has 1 aromatic heterocycles. The first kappa shape index (κ1) is 19.5. The van der Waals surface area contributed by atoms with Crippen LogP contribution in [0.1, 0.15) is 21.3 Å². The van der Waals surface area contributed by atoms with Crippen molar-refractivity contribution in [3.05, 3.63) is 75.2 Å². The minimum absolute atomic E-state index is 0.0248. The van der Waals surface area contributed by atoms with E-state index >= 15 is 0 Å². The molecule has 4 rings (SSSR count). The van der Waals surface area contributed by atoms with E-state index in [1.165, 1.54) is 23.5 Å². The highest BCUT2D eigenvalue weighted by atomic mass is 32.1. The fourth-order valence-electron chi connectivity index (χ4n) is 3.45. The maximum Gasteiger partial charge on any atom is 0.270 e. The molecule has 150 valence electrons. The summed E-state index contributed by atoms with van der Waals surface area (Å²) in [5.74, 6) is -0.170. The molecule has 1 aliphatic rings. The number of non-ortho nitro benzene ring substituents is 1. The molecule has 1 saturated heterocycles. The summed E-state index contributed by atoms with van der Waals surface area (Å²) < 4.78 is 6.27. The Balaban J connectivity index is 1.55. The monoisotopic (exact) mass is 411 g/mol. The Morgan fingerprint density at radius 3 is 2.66 bits per heavy atom. The van der Waals surface area contributed by atoms with Gasteiger partial charge in [-0.2, -0.15) is 0 Å². The van der Waals surface area contributed by atoms with Gasteiger partial charge >= 0.3 is 0 Å². The number of nitrogens with one attached hydrogen (secondary N) is 1. The van der Waals surface area contributed by atoms with Crippen molar-refractivity contribution in [1.82, 2.24) is 10.2 Å². The normalized spacial score (nSPS) is 15.9. The van der Waals surface area contributed by atoms with Crippen LogP contribution in [0, 0.1) is 10.1 Å². The van der Waals surface area contributed by atoms with E-state index in [2.05, 4.69) is 10.2 Å². The quantitative estimate of drug-likeness (QED) is 0.495. The van der Waals surface area contributed by atoms with E-state index in [1.54, 1.807) is 12.1 Å². The number of fused-ring (bicyclic) bond motifs is 1. The van der Waals surface area contributed by atoms with Gasteiger partial charge in [-0.05, 0) is 17.7 Å². The van der Waals surface area contributed by atoms with Crippen molar-refractivity contribution >= 4 is 33.0 Å². The lowest BCUT2D eigenvalue weighted by atomic mass is 10.1. The summed E-state index contributed by atoms with van der Waals surface area (Å²) in [7, 11) is 0. The summed E-state index contributed by atoms with van der Waals surface area (Å²) in [4.78, 5) is 26.4. The predicted molar refractivity (Wildman–Crippen MR) is 112 cm³/mol. The number of nitro groups is 1. The second kappa shape index (κ2) is 8.69.